The number of aromatic nitrogens is 1. The summed E-state index contributed by atoms with van der Waals surface area (Å²) in [4.78, 5) is 28.8. The van der Waals surface area contributed by atoms with Crippen LogP contribution in [0.25, 0.3) is 10.8 Å². The van der Waals surface area contributed by atoms with Gasteiger partial charge in [0.1, 0.15) is 6.04 Å². The maximum atomic E-state index is 12.5. The first-order valence-electron chi connectivity index (χ1n) is 8.93. The van der Waals surface area contributed by atoms with Gasteiger partial charge in [-0.3, -0.25) is 4.79 Å². The molecule has 144 valence electrons. The summed E-state index contributed by atoms with van der Waals surface area (Å²) in [5, 5.41) is 4.96. The molecule has 0 bridgehead atoms. The van der Waals surface area contributed by atoms with E-state index >= 15 is 0 Å². The summed E-state index contributed by atoms with van der Waals surface area (Å²) in [5.41, 5.74) is 1.67. The monoisotopic (exact) mass is 378 g/mol. The summed E-state index contributed by atoms with van der Waals surface area (Å²) in [6.45, 7) is 0. The summed E-state index contributed by atoms with van der Waals surface area (Å²) in [7, 11) is 2.84. The molecule has 2 aromatic carbocycles. The molecule has 0 aliphatic carbocycles. The normalized spacial score (nSPS) is 11.6. The van der Waals surface area contributed by atoms with Crippen LogP contribution in [0.15, 0.2) is 60.8 Å². The molecule has 28 heavy (non-hydrogen) atoms. The minimum Gasteiger partial charge on any atom is -0.481 e. The lowest BCUT2D eigenvalue weighted by Gasteiger charge is -2.17. The minimum absolute atomic E-state index is 0.180. The first-order valence-corrected chi connectivity index (χ1v) is 8.93. The number of carbonyl (C=O) groups is 2. The lowest BCUT2D eigenvalue weighted by atomic mass is 10.0. The van der Waals surface area contributed by atoms with Gasteiger partial charge < -0.3 is 14.8 Å². The Hall–Kier alpha value is -3.41. The zero-order chi connectivity index (χ0) is 19.9. The number of benzene rings is 2. The van der Waals surface area contributed by atoms with Crippen LogP contribution in [0.3, 0.4) is 0 Å². The fourth-order valence-corrected chi connectivity index (χ4v) is 3.00. The number of pyridine rings is 1. The third-order valence-corrected chi connectivity index (χ3v) is 4.45. The topological polar surface area (TPSA) is 77.5 Å². The lowest BCUT2D eigenvalue weighted by Crippen LogP contribution is -2.43. The fraction of sp³-hybridized carbons (Fsp3) is 0.227. The van der Waals surface area contributed by atoms with Crippen LogP contribution in [-0.4, -0.2) is 37.1 Å². The van der Waals surface area contributed by atoms with Gasteiger partial charge in [0.15, 0.2) is 0 Å². The van der Waals surface area contributed by atoms with Gasteiger partial charge in [-0.2, -0.15) is 0 Å². The molecule has 0 spiro atoms. The Morgan fingerprint density at radius 1 is 1.00 bits per heavy atom. The second-order valence-corrected chi connectivity index (χ2v) is 6.41. The van der Waals surface area contributed by atoms with Crippen molar-refractivity contribution < 1.29 is 19.1 Å². The van der Waals surface area contributed by atoms with Crippen LogP contribution in [0.4, 0.5) is 0 Å². The van der Waals surface area contributed by atoms with Crippen molar-refractivity contribution in [1.29, 1.82) is 0 Å². The predicted molar refractivity (Wildman–Crippen MR) is 106 cm³/mol. The van der Waals surface area contributed by atoms with Crippen molar-refractivity contribution in [3.05, 3.63) is 71.9 Å². The van der Waals surface area contributed by atoms with Crippen molar-refractivity contribution in [3.63, 3.8) is 0 Å². The second kappa shape index (κ2) is 8.99. The Morgan fingerprint density at radius 2 is 1.75 bits per heavy atom. The average molecular weight is 378 g/mol. The maximum absolute atomic E-state index is 12.5. The standard InChI is InChI=1S/C22H22N2O4/c1-27-21-10-8-16(14-23-21)12-19(22(26)28-2)24-20(25)13-15-7-9-17-5-3-4-6-18(17)11-15/h3-11,14,19H,12-13H2,1-2H3,(H,24,25)/t19-/m0/s1. The molecule has 6 heteroatoms. The molecular weight excluding hydrogens is 356 g/mol. The van der Waals surface area contributed by atoms with E-state index < -0.39 is 12.0 Å². The highest BCUT2D eigenvalue weighted by Crippen LogP contribution is 2.16. The molecule has 1 aromatic heterocycles. The average Bonchev–Trinajstić information content (AvgIpc) is 2.73. The Bertz CT molecular complexity index is 970. The van der Waals surface area contributed by atoms with Gasteiger partial charge in [0.2, 0.25) is 11.8 Å². The minimum atomic E-state index is -0.784. The van der Waals surface area contributed by atoms with E-state index in [0.29, 0.717) is 5.88 Å². The zero-order valence-electron chi connectivity index (χ0n) is 15.8. The van der Waals surface area contributed by atoms with Crippen LogP contribution < -0.4 is 10.1 Å². The van der Waals surface area contributed by atoms with Crippen LogP contribution in [0, 0.1) is 0 Å². The molecule has 0 saturated carbocycles. The third kappa shape index (κ3) is 4.85. The van der Waals surface area contributed by atoms with Gasteiger partial charge in [-0.15, -0.1) is 0 Å². The van der Waals surface area contributed by atoms with Crippen molar-refractivity contribution >= 4 is 22.6 Å². The number of methoxy groups -OCH3 is 2. The van der Waals surface area contributed by atoms with E-state index in [0.717, 1.165) is 21.9 Å². The van der Waals surface area contributed by atoms with Crippen molar-refractivity contribution in [2.45, 2.75) is 18.9 Å². The molecule has 0 aliphatic heterocycles. The molecular formula is C22H22N2O4. The Kier molecular flexibility index (Phi) is 6.22. The van der Waals surface area contributed by atoms with Crippen molar-refractivity contribution in [1.82, 2.24) is 10.3 Å². The van der Waals surface area contributed by atoms with Crippen LogP contribution in [0.5, 0.6) is 5.88 Å². The number of carbonyl (C=O) groups excluding carboxylic acids is 2. The zero-order valence-corrected chi connectivity index (χ0v) is 15.8. The number of esters is 1. The Balaban J connectivity index is 1.68. The van der Waals surface area contributed by atoms with Gasteiger partial charge in [-0.05, 0) is 21.9 Å². The molecule has 1 heterocycles. The van der Waals surface area contributed by atoms with Crippen molar-refractivity contribution in [3.8, 4) is 5.88 Å². The number of fused-ring (bicyclic) bond motifs is 1. The van der Waals surface area contributed by atoms with Gasteiger partial charge in [0.05, 0.1) is 20.6 Å². The van der Waals surface area contributed by atoms with Gasteiger partial charge >= 0.3 is 5.97 Å². The Morgan fingerprint density at radius 3 is 2.43 bits per heavy atom. The van der Waals surface area contributed by atoms with Gasteiger partial charge in [-0.1, -0.05) is 48.5 Å². The highest BCUT2D eigenvalue weighted by atomic mass is 16.5. The van der Waals surface area contributed by atoms with Crippen LogP contribution in [0.1, 0.15) is 11.1 Å². The van der Waals surface area contributed by atoms with Crippen molar-refractivity contribution in [2.24, 2.45) is 0 Å². The third-order valence-electron chi connectivity index (χ3n) is 4.45. The van der Waals surface area contributed by atoms with E-state index in [1.165, 1.54) is 14.2 Å². The first-order chi connectivity index (χ1) is 13.6. The largest absolute Gasteiger partial charge is 0.481 e. The van der Waals surface area contributed by atoms with Gasteiger partial charge in [0, 0.05) is 18.7 Å². The number of amides is 1. The van der Waals surface area contributed by atoms with Crippen LogP contribution in [-0.2, 0) is 27.2 Å². The molecule has 0 aliphatic rings. The fourth-order valence-electron chi connectivity index (χ4n) is 3.00. The van der Waals surface area contributed by atoms with Crippen LogP contribution >= 0.6 is 0 Å². The van der Waals surface area contributed by atoms with E-state index in [4.69, 9.17) is 9.47 Å². The Labute approximate surface area is 163 Å². The van der Waals surface area contributed by atoms with E-state index in [1.54, 1.807) is 18.3 Å². The molecule has 0 fully saturated rings. The summed E-state index contributed by atoms with van der Waals surface area (Å²) in [6, 6.07) is 16.6. The highest BCUT2D eigenvalue weighted by Gasteiger charge is 2.22. The molecule has 1 amide bonds. The van der Waals surface area contributed by atoms with E-state index in [1.807, 2.05) is 42.5 Å². The predicted octanol–water partition coefficient (Wildman–Crippen LogP) is 2.69. The van der Waals surface area contributed by atoms with E-state index in [2.05, 4.69) is 10.3 Å². The van der Waals surface area contributed by atoms with E-state index in [-0.39, 0.29) is 18.7 Å². The maximum Gasteiger partial charge on any atom is 0.328 e. The van der Waals surface area contributed by atoms with Gasteiger partial charge in [-0.25, -0.2) is 9.78 Å². The molecule has 0 saturated heterocycles. The second-order valence-electron chi connectivity index (χ2n) is 6.41. The molecule has 1 N–H and O–H groups in total. The number of ether oxygens (including phenoxy) is 2. The van der Waals surface area contributed by atoms with E-state index in [9.17, 15) is 9.59 Å². The first kappa shape index (κ1) is 19.4. The smallest absolute Gasteiger partial charge is 0.328 e. The number of rotatable bonds is 7. The number of hydrogen-bond donors (Lipinski definition) is 1. The molecule has 3 aromatic rings. The molecule has 0 radical (unpaired) electrons. The lowest BCUT2D eigenvalue weighted by molar-refractivity contribution is -0.145. The molecule has 3 rings (SSSR count). The number of hydrogen-bond acceptors (Lipinski definition) is 5. The summed E-state index contributed by atoms with van der Waals surface area (Å²) in [6.07, 6.45) is 2.08. The molecule has 1 atom stereocenters. The highest BCUT2D eigenvalue weighted by molar-refractivity contribution is 5.88. The summed E-state index contributed by atoms with van der Waals surface area (Å²) in [5.74, 6) is -0.256. The van der Waals surface area contributed by atoms with Crippen LogP contribution in [0.2, 0.25) is 0 Å². The summed E-state index contributed by atoms with van der Waals surface area (Å²) >= 11 is 0. The molecule has 0 unspecified atom stereocenters. The molecule has 6 nitrogen and oxygen atoms in total. The van der Waals surface area contributed by atoms with Gasteiger partial charge in [0.25, 0.3) is 0 Å². The van der Waals surface area contributed by atoms with Crippen molar-refractivity contribution in [2.75, 3.05) is 14.2 Å². The number of nitrogens with one attached hydrogen (secondary N) is 1. The SMILES string of the molecule is COC(=O)[C@H](Cc1ccc(OC)nc1)NC(=O)Cc1ccc2ccccc2c1. The number of nitrogens with zero attached hydrogens (tertiary/aromatic N) is 1. The summed E-state index contributed by atoms with van der Waals surface area (Å²) < 4.78 is 9.87. The quantitative estimate of drug-likeness (QED) is 0.640.